The summed E-state index contributed by atoms with van der Waals surface area (Å²) in [5.41, 5.74) is 21.2. The Morgan fingerprint density at radius 3 is 1.92 bits per heavy atom. The number of nitrogens with zero attached hydrogens (tertiary/aromatic N) is 3. The fourth-order valence-corrected chi connectivity index (χ4v) is 14.8. The number of carboxylic acid groups (broad SMARTS) is 1. The van der Waals surface area contributed by atoms with Crippen LogP contribution in [0.4, 0.5) is 24.1 Å². The molecule has 0 radical (unpaired) electrons. The molecular weight excluding hydrogens is 1060 g/mol. The highest BCUT2D eigenvalue weighted by Crippen LogP contribution is 2.56. The Kier molecular flexibility index (Phi) is 12.2. The first-order valence-corrected chi connectivity index (χ1v) is 28.0. The maximum absolute atomic E-state index is 15.8. The predicted octanol–water partition coefficient (Wildman–Crippen LogP) is 11.6. The number of aromatic nitrogens is 2. The molecule has 2 aromatic heterocycles. The van der Waals surface area contributed by atoms with Crippen LogP contribution in [0.25, 0.3) is 44.5 Å². The second-order valence-corrected chi connectivity index (χ2v) is 23.3. The van der Waals surface area contributed by atoms with Gasteiger partial charge < -0.3 is 35.7 Å². The Labute approximate surface area is 476 Å². The minimum absolute atomic E-state index is 0.00153. The van der Waals surface area contributed by atoms with Crippen molar-refractivity contribution in [1.82, 2.24) is 14.5 Å². The van der Waals surface area contributed by atoms with Gasteiger partial charge in [-0.15, -0.1) is 0 Å². The van der Waals surface area contributed by atoms with E-state index < -0.39 is 52.1 Å². The molecule has 2 aliphatic heterocycles. The van der Waals surface area contributed by atoms with E-state index in [4.69, 9.17) is 25.9 Å². The summed E-state index contributed by atoms with van der Waals surface area (Å²) >= 11 is 0. The Bertz CT molecular complexity index is 4180. The number of fused-ring (bicyclic) bond motifs is 12. The van der Waals surface area contributed by atoms with Gasteiger partial charge in [0.15, 0.2) is 11.4 Å². The Hall–Kier alpha value is -9.02. The molecule has 6 aromatic carbocycles. The molecule has 2 amide bonds. The second-order valence-electron chi connectivity index (χ2n) is 23.3. The number of Topliss-reactive ketones (excluding diaryl/α,β-unsaturated/α-hetero) is 1. The number of ketones is 1. The molecule has 0 spiro atoms. The third-order valence-electron chi connectivity index (χ3n) is 19.2. The van der Waals surface area contributed by atoms with Crippen LogP contribution in [0.5, 0.6) is 0 Å². The van der Waals surface area contributed by atoms with Crippen LogP contribution in [-0.4, -0.2) is 60.7 Å². The summed E-state index contributed by atoms with van der Waals surface area (Å²) in [6.45, 7) is 8.52. The second kappa shape index (κ2) is 19.0. The van der Waals surface area contributed by atoms with Crippen molar-refractivity contribution in [2.45, 2.75) is 108 Å². The molecule has 0 saturated heterocycles. The fourth-order valence-electron chi connectivity index (χ4n) is 14.8. The molecule has 14 rings (SSSR count). The third-order valence-corrected chi connectivity index (χ3v) is 19.2. The van der Waals surface area contributed by atoms with Gasteiger partial charge in [-0.3, -0.25) is 14.5 Å². The molecule has 4 heterocycles. The molecule has 0 fully saturated rings. The molecule has 0 saturated carbocycles. The van der Waals surface area contributed by atoms with Crippen molar-refractivity contribution in [3.05, 3.63) is 210 Å². The van der Waals surface area contributed by atoms with Gasteiger partial charge in [0.25, 0.3) is 5.56 Å². The van der Waals surface area contributed by atoms with Crippen LogP contribution in [0.3, 0.4) is 0 Å². The number of anilines is 1. The van der Waals surface area contributed by atoms with Gasteiger partial charge in [-0.1, -0.05) is 104 Å². The monoisotopic (exact) mass is 1120 g/mol. The Morgan fingerprint density at radius 1 is 0.795 bits per heavy atom. The van der Waals surface area contributed by atoms with Crippen molar-refractivity contribution < 1.29 is 47.6 Å². The number of hydrogen-bond donors (Lipinski definition) is 4. The molecule has 6 aliphatic rings. The van der Waals surface area contributed by atoms with Gasteiger partial charge in [-0.2, -0.15) is 0 Å². The number of primary amides is 1. The van der Waals surface area contributed by atoms with E-state index in [9.17, 15) is 38.6 Å². The van der Waals surface area contributed by atoms with Crippen LogP contribution in [0.2, 0.25) is 0 Å². The van der Waals surface area contributed by atoms with E-state index in [0.717, 1.165) is 45.0 Å². The number of esters is 1. The lowest BCUT2D eigenvalue weighted by atomic mass is 9.66. The number of pyridine rings is 2. The average Bonchev–Trinajstić information content (AvgIpc) is 3.62. The molecule has 16 heteroatoms. The van der Waals surface area contributed by atoms with Gasteiger partial charge in [0.1, 0.15) is 29.4 Å². The number of aliphatic hydroxyl groups is 1. The Morgan fingerprint density at radius 2 is 1.35 bits per heavy atom. The van der Waals surface area contributed by atoms with Gasteiger partial charge in [-0.05, 0) is 139 Å². The van der Waals surface area contributed by atoms with Gasteiger partial charge in [0.2, 0.25) is 0 Å². The number of hydrogen-bond acceptors (Lipinski definition) is 10. The van der Waals surface area contributed by atoms with Gasteiger partial charge in [-0.25, -0.2) is 28.1 Å². The van der Waals surface area contributed by atoms with E-state index in [1.807, 2.05) is 79.7 Å². The summed E-state index contributed by atoms with van der Waals surface area (Å²) in [4.78, 5) is 72.3. The van der Waals surface area contributed by atoms with Crippen LogP contribution in [0.1, 0.15) is 129 Å². The molecule has 420 valence electrons. The van der Waals surface area contributed by atoms with Gasteiger partial charge >= 0.3 is 18.2 Å². The summed E-state index contributed by atoms with van der Waals surface area (Å²) in [6, 6.07) is 36.7. The number of benzene rings is 6. The molecule has 0 bridgehead atoms. The lowest BCUT2D eigenvalue weighted by Crippen LogP contribution is -2.58. The number of cyclic esters (lactones) is 1. The molecule has 4 aliphatic carbocycles. The zero-order valence-corrected chi connectivity index (χ0v) is 46.4. The summed E-state index contributed by atoms with van der Waals surface area (Å²) in [7, 11) is 0. The highest BCUT2D eigenvalue weighted by atomic mass is 19.1. The number of carbonyl (C=O) groups is 4. The van der Waals surface area contributed by atoms with Crippen molar-refractivity contribution >= 4 is 40.5 Å². The summed E-state index contributed by atoms with van der Waals surface area (Å²) in [6.07, 6.45) is -0.486. The molecule has 4 atom stereocenters. The summed E-state index contributed by atoms with van der Waals surface area (Å²) < 4.78 is 43.1. The van der Waals surface area contributed by atoms with Crippen molar-refractivity contribution in [3.63, 3.8) is 0 Å². The highest BCUT2D eigenvalue weighted by molar-refractivity contribution is 6.10. The standard InChI is InChI=1S/C40H34FN3O6.C27H25FN2O3/c1-4-40(48)29-15-32-35-27(17-44(32)36(45)28(29)18-49-37(40)46)34-33-25(19(2)30(41)16-31(33)43-35)13-20(39(34,3)50-38(42)47)14-26-23-11-7-5-9-21(23)22-10-6-8-12-24(22)26;1-15-16-11-12-27(2,25(31)24(16)23(29)13-22(15)28)30(26(32)33)14-21-19-9-5-3-7-17(19)18-8-4-6-10-20(18)21/h5-12,15-16,20,26,48H,4,13-14,17-18H2,1-3H3,(H2,42,47);3-10,13,21H,11-12,14,29H2,1-2H3,(H,32,33)/t20?,39?,40-;/m0./s1. The van der Waals surface area contributed by atoms with Crippen molar-refractivity contribution in [1.29, 1.82) is 0 Å². The number of amides is 2. The number of halogens is 2. The molecule has 8 aromatic rings. The van der Waals surface area contributed by atoms with Crippen molar-refractivity contribution in [2.75, 3.05) is 12.3 Å². The quantitative estimate of drug-likeness (QED) is 0.0869. The van der Waals surface area contributed by atoms with Crippen LogP contribution in [0.15, 0.2) is 120 Å². The minimum Gasteiger partial charge on any atom is -0.465 e. The first kappa shape index (κ1) is 53.3. The van der Waals surface area contributed by atoms with Crippen LogP contribution >= 0.6 is 0 Å². The Balaban J connectivity index is 0.000000169. The topological polar surface area (TPSA) is 217 Å². The summed E-state index contributed by atoms with van der Waals surface area (Å²) in [5, 5.41) is 22.4. The zero-order valence-electron chi connectivity index (χ0n) is 46.4. The van der Waals surface area contributed by atoms with Crippen LogP contribution in [-0.2, 0) is 51.5 Å². The van der Waals surface area contributed by atoms with Gasteiger partial charge in [0, 0.05) is 63.7 Å². The van der Waals surface area contributed by atoms with Gasteiger partial charge in [0.05, 0.1) is 29.0 Å². The van der Waals surface area contributed by atoms with Crippen molar-refractivity contribution in [2.24, 2.45) is 11.7 Å². The lowest BCUT2D eigenvalue weighted by Gasteiger charge is -2.44. The molecule has 3 unspecified atom stereocenters. The SMILES string of the molecule is CC[C@@]1(O)C(=O)OCc2c1cc1n(c2=O)Cc2c-1nc1cc(F)c(C)c3c1c2C(C)(OC(N)=O)C(CC1c2ccccc2-c2ccccc21)C3.Cc1c(F)cc(N)c2c1CCC(C)(N(CC1c3ccccc3-c3ccccc31)C(=O)O)C2=O. The minimum atomic E-state index is -2.00. The van der Waals surface area contributed by atoms with E-state index in [1.165, 1.54) is 22.1 Å². The zero-order chi connectivity index (χ0) is 58.3. The highest BCUT2D eigenvalue weighted by Gasteiger charge is 2.52. The normalized spacial score (nSPS) is 21.3. The molecule has 83 heavy (non-hydrogen) atoms. The predicted molar refractivity (Wildman–Crippen MR) is 308 cm³/mol. The summed E-state index contributed by atoms with van der Waals surface area (Å²) in [5.74, 6) is -2.62. The van der Waals surface area contributed by atoms with E-state index >= 15 is 4.39 Å². The number of carbonyl (C=O) groups excluding carboxylic acids is 3. The average molecular weight is 1120 g/mol. The number of nitrogens with two attached hydrogens (primary N) is 2. The molecular formula is C67H59F2N5O9. The van der Waals surface area contributed by atoms with E-state index in [1.54, 1.807) is 38.3 Å². The van der Waals surface area contributed by atoms with Crippen LogP contribution in [0, 0.1) is 31.4 Å². The lowest BCUT2D eigenvalue weighted by molar-refractivity contribution is -0.172. The third kappa shape index (κ3) is 7.74. The number of ether oxygens (including phenoxy) is 2. The van der Waals surface area contributed by atoms with E-state index in [2.05, 4.69) is 24.3 Å². The first-order chi connectivity index (χ1) is 39.7. The molecule has 6 N–H and O–H groups in total. The van der Waals surface area contributed by atoms with Crippen molar-refractivity contribution in [3.8, 4) is 33.6 Å². The van der Waals surface area contributed by atoms with Crippen LogP contribution < -0.4 is 17.0 Å². The number of nitrogen functional groups attached to an aromatic ring is 1. The van der Waals surface area contributed by atoms with E-state index in [-0.39, 0.29) is 78.5 Å². The smallest absolute Gasteiger partial charge is 0.408 e. The maximum Gasteiger partial charge on any atom is 0.408 e. The largest absolute Gasteiger partial charge is 0.465 e. The molecule has 14 nitrogen and oxygen atoms in total. The number of rotatable bonds is 7. The first-order valence-electron chi connectivity index (χ1n) is 28.0. The van der Waals surface area contributed by atoms with E-state index in [0.29, 0.717) is 69.4 Å². The fraction of sp³-hybridized carbons (Fsp3) is 0.284. The maximum atomic E-state index is 15.8.